The molecule has 0 saturated carbocycles. The minimum atomic E-state index is -0.338. The monoisotopic (exact) mass is 354 g/mol. The Morgan fingerprint density at radius 1 is 1.38 bits per heavy atom. The molecular weight excluding hydrogens is 335 g/mol. The van der Waals surface area contributed by atoms with Crippen LogP contribution in [0, 0.1) is 5.82 Å². The van der Waals surface area contributed by atoms with Crippen molar-refractivity contribution in [1.29, 1.82) is 0 Å². The summed E-state index contributed by atoms with van der Waals surface area (Å²) in [6.45, 7) is 2.71. The van der Waals surface area contributed by atoms with Gasteiger partial charge < -0.3 is 10.2 Å². The summed E-state index contributed by atoms with van der Waals surface area (Å²) in [5, 5.41) is 3.60. The van der Waals surface area contributed by atoms with Crippen molar-refractivity contribution in [3.05, 3.63) is 34.1 Å². The van der Waals surface area contributed by atoms with Crippen molar-refractivity contribution in [2.45, 2.75) is 50.7 Å². The van der Waals surface area contributed by atoms with Crippen molar-refractivity contribution in [2.24, 2.45) is 0 Å². The molecule has 1 N–H and O–H groups in total. The average molecular weight is 355 g/mol. The number of hydrogen-bond acceptors (Lipinski definition) is 2. The first-order valence-corrected chi connectivity index (χ1v) is 8.40. The molecule has 1 amide bonds. The van der Waals surface area contributed by atoms with Crippen LogP contribution in [0.4, 0.5) is 4.39 Å². The Hall–Kier alpha value is -0.940. The van der Waals surface area contributed by atoms with Gasteiger partial charge in [0.25, 0.3) is 5.91 Å². The second-order valence-corrected chi connectivity index (χ2v) is 6.84. The van der Waals surface area contributed by atoms with Gasteiger partial charge in [-0.25, -0.2) is 4.39 Å². The summed E-state index contributed by atoms with van der Waals surface area (Å²) in [7, 11) is 0. The van der Waals surface area contributed by atoms with Gasteiger partial charge >= 0.3 is 0 Å². The number of piperidine rings is 1. The molecule has 2 aliphatic heterocycles. The van der Waals surface area contributed by atoms with Gasteiger partial charge in [-0.15, -0.1) is 0 Å². The second-order valence-electron chi connectivity index (χ2n) is 5.98. The molecule has 0 aliphatic carbocycles. The first kappa shape index (κ1) is 15.0. The van der Waals surface area contributed by atoms with E-state index in [1.165, 1.54) is 18.9 Å². The SMILES string of the molecule is CCN(C(=O)c1ccc(F)c(Br)c1)C1CC2CCC(C1)N2. The summed E-state index contributed by atoms with van der Waals surface area (Å²) in [6.07, 6.45) is 4.49. The Kier molecular flexibility index (Phi) is 4.31. The molecule has 2 saturated heterocycles. The van der Waals surface area contributed by atoms with Gasteiger partial charge in [0.2, 0.25) is 0 Å². The number of benzene rings is 1. The van der Waals surface area contributed by atoms with E-state index in [0.29, 0.717) is 34.7 Å². The van der Waals surface area contributed by atoms with Crippen LogP contribution in [0.1, 0.15) is 43.0 Å². The van der Waals surface area contributed by atoms with E-state index < -0.39 is 0 Å². The van der Waals surface area contributed by atoms with Gasteiger partial charge in [0.15, 0.2) is 0 Å². The Labute approximate surface area is 133 Å². The van der Waals surface area contributed by atoms with E-state index in [2.05, 4.69) is 21.2 Å². The van der Waals surface area contributed by atoms with Crippen molar-refractivity contribution in [3.63, 3.8) is 0 Å². The highest BCUT2D eigenvalue weighted by molar-refractivity contribution is 9.10. The fraction of sp³-hybridized carbons (Fsp3) is 0.562. The zero-order valence-corrected chi connectivity index (χ0v) is 13.7. The van der Waals surface area contributed by atoms with Gasteiger partial charge in [0.1, 0.15) is 5.82 Å². The molecule has 3 rings (SSSR count). The molecule has 2 atom stereocenters. The first-order chi connectivity index (χ1) is 10.1. The molecule has 5 heteroatoms. The van der Waals surface area contributed by atoms with E-state index >= 15 is 0 Å². The highest BCUT2D eigenvalue weighted by Gasteiger charge is 2.37. The van der Waals surface area contributed by atoms with E-state index in [4.69, 9.17) is 0 Å². The Balaban J connectivity index is 1.79. The van der Waals surface area contributed by atoms with Gasteiger partial charge in [-0.2, -0.15) is 0 Å². The molecule has 21 heavy (non-hydrogen) atoms. The van der Waals surface area contributed by atoms with Crippen LogP contribution in [-0.2, 0) is 0 Å². The maximum atomic E-state index is 13.3. The van der Waals surface area contributed by atoms with E-state index in [0.717, 1.165) is 12.8 Å². The first-order valence-electron chi connectivity index (χ1n) is 7.60. The van der Waals surface area contributed by atoms with Gasteiger partial charge in [0, 0.05) is 30.2 Å². The maximum absolute atomic E-state index is 13.3. The lowest BCUT2D eigenvalue weighted by molar-refractivity contribution is 0.0631. The Bertz CT molecular complexity index is 539. The standard InChI is InChI=1S/C16H20BrFN2O/c1-2-20(13-8-11-4-5-12(9-13)19-11)16(21)10-3-6-15(18)14(17)7-10/h3,6-7,11-13,19H,2,4-5,8-9H2,1H3. The van der Waals surface area contributed by atoms with E-state index in [1.807, 2.05) is 11.8 Å². The number of carbonyl (C=O) groups excluding carboxylic acids is 1. The fourth-order valence-electron chi connectivity index (χ4n) is 3.64. The molecule has 3 nitrogen and oxygen atoms in total. The van der Waals surface area contributed by atoms with Crippen LogP contribution in [0.25, 0.3) is 0 Å². The summed E-state index contributed by atoms with van der Waals surface area (Å²) >= 11 is 3.15. The summed E-state index contributed by atoms with van der Waals surface area (Å²) in [5.74, 6) is -0.334. The molecule has 1 aromatic carbocycles. The van der Waals surface area contributed by atoms with Crippen LogP contribution >= 0.6 is 15.9 Å². The quantitative estimate of drug-likeness (QED) is 0.902. The molecule has 2 aliphatic rings. The number of rotatable bonds is 3. The third-order valence-corrected chi connectivity index (χ3v) is 5.26. The zero-order valence-electron chi connectivity index (χ0n) is 12.1. The van der Waals surface area contributed by atoms with Crippen LogP contribution in [0.2, 0.25) is 0 Å². The minimum absolute atomic E-state index is 0.00417. The largest absolute Gasteiger partial charge is 0.336 e. The Morgan fingerprint density at radius 2 is 2.05 bits per heavy atom. The molecule has 0 spiro atoms. The summed E-state index contributed by atoms with van der Waals surface area (Å²) in [4.78, 5) is 14.7. The molecule has 2 heterocycles. The lowest BCUT2D eigenvalue weighted by Crippen LogP contribution is -2.50. The van der Waals surface area contributed by atoms with Gasteiger partial charge in [0.05, 0.1) is 4.47 Å². The van der Waals surface area contributed by atoms with Crippen molar-refractivity contribution in [1.82, 2.24) is 10.2 Å². The molecule has 114 valence electrons. The van der Waals surface area contributed by atoms with Crippen LogP contribution in [0.5, 0.6) is 0 Å². The fourth-order valence-corrected chi connectivity index (χ4v) is 4.02. The minimum Gasteiger partial charge on any atom is -0.336 e. The van der Waals surface area contributed by atoms with Gasteiger partial charge in [-0.1, -0.05) is 0 Å². The van der Waals surface area contributed by atoms with Crippen molar-refractivity contribution in [3.8, 4) is 0 Å². The molecule has 2 unspecified atom stereocenters. The van der Waals surface area contributed by atoms with Gasteiger partial charge in [-0.3, -0.25) is 4.79 Å². The predicted octanol–water partition coefficient (Wildman–Crippen LogP) is 3.33. The Morgan fingerprint density at radius 3 is 2.62 bits per heavy atom. The van der Waals surface area contributed by atoms with Gasteiger partial charge in [-0.05, 0) is 66.7 Å². The number of hydrogen-bond donors (Lipinski definition) is 1. The van der Waals surface area contributed by atoms with Crippen LogP contribution in [0.15, 0.2) is 22.7 Å². The average Bonchev–Trinajstić information content (AvgIpc) is 2.81. The number of amides is 1. The number of nitrogens with zero attached hydrogens (tertiary/aromatic N) is 1. The van der Waals surface area contributed by atoms with E-state index in [9.17, 15) is 9.18 Å². The summed E-state index contributed by atoms with van der Waals surface area (Å²) < 4.78 is 13.7. The van der Waals surface area contributed by atoms with Crippen molar-refractivity contribution in [2.75, 3.05) is 6.54 Å². The normalized spacial score (nSPS) is 27.7. The summed E-state index contributed by atoms with van der Waals surface area (Å²) in [5.41, 5.74) is 0.552. The molecule has 0 aromatic heterocycles. The molecule has 1 aromatic rings. The molecular formula is C16H20BrFN2O. The number of fused-ring (bicyclic) bond motifs is 2. The third kappa shape index (κ3) is 2.99. The van der Waals surface area contributed by atoms with E-state index in [1.54, 1.807) is 12.1 Å². The third-order valence-electron chi connectivity index (χ3n) is 4.66. The second kappa shape index (κ2) is 6.05. The number of carbonyl (C=O) groups is 1. The topological polar surface area (TPSA) is 32.3 Å². The summed E-state index contributed by atoms with van der Waals surface area (Å²) in [6, 6.07) is 5.89. The highest BCUT2D eigenvalue weighted by atomic mass is 79.9. The number of nitrogens with one attached hydrogen (secondary N) is 1. The van der Waals surface area contributed by atoms with Crippen molar-refractivity contribution < 1.29 is 9.18 Å². The lowest BCUT2D eigenvalue weighted by atomic mass is 9.97. The van der Waals surface area contributed by atoms with Crippen LogP contribution in [0.3, 0.4) is 0 Å². The van der Waals surface area contributed by atoms with E-state index in [-0.39, 0.29) is 11.7 Å². The lowest BCUT2D eigenvalue weighted by Gasteiger charge is -2.37. The molecule has 2 bridgehead atoms. The van der Waals surface area contributed by atoms with Crippen molar-refractivity contribution >= 4 is 21.8 Å². The zero-order chi connectivity index (χ0) is 15.0. The van der Waals surface area contributed by atoms with Crippen LogP contribution in [-0.4, -0.2) is 35.5 Å². The highest BCUT2D eigenvalue weighted by Crippen LogP contribution is 2.30. The molecule has 0 radical (unpaired) electrons. The van der Waals surface area contributed by atoms with Crippen LogP contribution < -0.4 is 5.32 Å². The molecule has 2 fully saturated rings. The predicted molar refractivity (Wildman–Crippen MR) is 83.8 cm³/mol. The number of halogens is 2. The smallest absolute Gasteiger partial charge is 0.254 e. The maximum Gasteiger partial charge on any atom is 0.254 e.